The summed E-state index contributed by atoms with van der Waals surface area (Å²) in [4.78, 5) is 1.31. The van der Waals surface area contributed by atoms with Crippen LogP contribution in [-0.2, 0) is 0 Å². The van der Waals surface area contributed by atoms with Gasteiger partial charge >= 0.3 is 0 Å². The van der Waals surface area contributed by atoms with E-state index in [0.717, 1.165) is 18.1 Å². The number of rotatable bonds is 5. The molecule has 0 spiro atoms. The molecule has 1 saturated carbocycles. The molecule has 1 fully saturated rings. The second kappa shape index (κ2) is 6.63. The van der Waals surface area contributed by atoms with Crippen molar-refractivity contribution in [2.45, 2.75) is 57.0 Å². The molecular weight excluding hydrogens is 240 g/mol. The van der Waals surface area contributed by atoms with Crippen LogP contribution in [0.15, 0.2) is 23.1 Å². The molecule has 0 amide bonds. The lowest BCUT2D eigenvalue weighted by Crippen LogP contribution is -2.14. The van der Waals surface area contributed by atoms with Gasteiger partial charge in [-0.2, -0.15) is 0 Å². The van der Waals surface area contributed by atoms with Crippen molar-refractivity contribution < 1.29 is 5.11 Å². The number of hydrogen-bond acceptors (Lipinski definition) is 2. The van der Waals surface area contributed by atoms with Gasteiger partial charge in [0, 0.05) is 10.6 Å². The summed E-state index contributed by atoms with van der Waals surface area (Å²) < 4.78 is 0. The number of aryl methyl sites for hydroxylation is 2. The first-order chi connectivity index (χ1) is 8.65. The van der Waals surface area contributed by atoms with E-state index in [1.165, 1.54) is 41.7 Å². The van der Waals surface area contributed by atoms with E-state index in [1.54, 1.807) is 11.8 Å². The van der Waals surface area contributed by atoms with Crippen LogP contribution in [0.5, 0.6) is 0 Å². The summed E-state index contributed by atoms with van der Waals surface area (Å²) in [6.07, 6.45) is 6.23. The Labute approximate surface area is 115 Å². The Morgan fingerprint density at radius 3 is 2.67 bits per heavy atom. The molecule has 100 valence electrons. The van der Waals surface area contributed by atoms with Crippen molar-refractivity contribution in [3.63, 3.8) is 0 Å². The molecule has 1 nitrogen and oxygen atoms in total. The zero-order valence-corrected chi connectivity index (χ0v) is 12.3. The van der Waals surface area contributed by atoms with Gasteiger partial charge < -0.3 is 5.11 Å². The van der Waals surface area contributed by atoms with E-state index in [1.807, 2.05) is 0 Å². The highest BCUT2D eigenvalue weighted by molar-refractivity contribution is 7.99. The highest BCUT2D eigenvalue weighted by Crippen LogP contribution is 2.30. The molecule has 1 atom stereocenters. The van der Waals surface area contributed by atoms with Crippen molar-refractivity contribution >= 4 is 11.8 Å². The zero-order chi connectivity index (χ0) is 13.0. The highest BCUT2D eigenvalue weighted by Gasteiger charge is 2.18. The Hall–Kier alpha value is -0.470. The van der Waals surface area contributed by atoms with Gasteiger partial charge in [0.05, 0.1) is 6.10 Å². The topological polar surface area (TPSA) is 20.2 Å². The van der Waals surface area contributed by atoms with E-state index in [0.29, 0.717) is 0 Å². The molecule has 1 N–H and O–H groups in total. The van der Waals surface area contributed by atoms with Gasteiger partial charge in [0.25, 0.3) is 0 Å². The summed E-state index contributed by atoms with van der Waals surface area (Å²) in [5.74, 6) is 1.61. The Morgan fingerprint density at radius 1 is 1.28 bits per heavy atom. The summed E-state index contributed by atoms with van der Waals surface area (Å²) in [7, 11) is 0. The average molecular weight is 264 g/mol. The zero-order valence-electron chi connectivity index (χ0n) is 11.5. The fraction of sp³-hybridized carbons (Fsp3) is 0.625. The second-order valence-electron chi connectivity index (χ2n) is 5.62. The quantitative estimate of drug-likeness (QED) is 0.798. The summed E-state index contributed by atoms with van der Waals surface area (Å²) in [6, 6.07) is 6.54. The second-order valence-corrected chi connectivity index (χ2v) is 6.68. The van der Waals surface area contributed by atoms with Crippen molar-refractivity contribution in [2.24, 2.45) is 5.92 Å². The maximum absolute atomic E-state index is 10.1. The first-order valence-corrected chi connectivity index (χ1v) is 8.02. The summed E-state index contributed by atoms with van der Waals surface area (Å²) in [5.41, 5.74) is 2.64. The molecule has 1 aromatic carbocycles. The molecule has 0 heterocycles. The van der Waals surface area contributed by atoms with E-state index in [2.05, 4.69) is 32.0 Å². The summed E-state index contributed by atoms with van der Waals surface area (Å²) in [6.45, 7) is 4.27. The average Bonchev–Trinajstić information content (AvgIpc) is 2.80. The summed E-state index contributed by atoms with van der Waals surface area (Å²) >= 11 is 1.80. The van der Waals surface area contributed by atoms with Crippen molar-refractivity contribution in [3.05, 3.63) is 29.3 Å². The molecule has 1 aliphatic carbocycles. The van der Waals surface area contributed by atoms with Crippen molar-refractivity contribution in [1.29, 1.82) is 0 Å². The molecule has 18 heavy (non-hydrogen) atoms. The van der Waals surface area contributed by atoms with E-state index in [-0.39, 0.29) is 6.10 Å². The lowest BCUT2D eigenvalue weighted by molar-refractivity contribution is 0.166. The Morgan fingerprint density at radius 2 is 2.00 bits per heavy atom. The van der Waals surface area contributed by atoms with Crippen LogP contribution in [0.4, 0.5) is 0 Å². The van der Waals surface area contributed by atoms with Gasteiger partial charge in [-0.3, -0.25) is 0 Å². The van der Waals surface area contributed by atoms with E-state index in [4.69, 9.17) is 0 Å². The van der Waals surface area contributed by atoms with E-state index < -0.39 is 0 Å². The Balaban J connectivity index is 1.79. The normalized spacial score (nSPS) is 18.2. The molecular formula is C16H24OS. The minimum absolute atomic E-state index is 0.140. The maximum atomic E-state index is 10.1. The molecule has 2 heteroatoms. The lowest BCUT2D eigenvalue weighted by atomic mass is 10.0. The van der Waals surface area contributed by atoms with Gasteiger partial charge in [-0.1, -0.05) is 43.4 Å². The largest absolute Gasteiger partial charge is 0.392 e. The van der Waals surface area contributed by atoms with Crippen LogP contribution >= 0.6 is 11.8 Å². The molecule has 0 aromatic heterocycles. The third-order valence-corrected chi connectivity index (χ3v) is 5.16. The first-order valence-electron chi connectivity index (χ1n) is 7.03. The number of thioether (sulfide) groups is 1. The standard InChI is InChI=1S/C16H24OS/c1-12-7-8-16(13(2)9-12)18-11-15(17)10-14-5-3-4-6-14/h7-9,14-15,17H,3-6,10-11H2,1-2H3. The fourth-order valence-corrected chi connectivity index (χ4v) is 3.81. The third kappa shape index (κ3) is 4.03. The van der Waals surface area contributed by atoms with Crippen LogP contribution in [0, 0.1) is 19.8 Å². The smallest absolute Gasteiger partial charge is 0.0636 e. The molecule has 1 unspecified atom stereocenters. The van der Waals surface area contributed by atoms with Gasteiger partial charge in [-0.15, -0.1) is 11.8 Å². The molecule has 1 aromatic rings. The van der Waals surface area contributed by atoms with Gasteiger partial charge in [0.2, 0.25) is 0 Å². The molecule has 0 aliphatic heterocycles. The molecule has 0 radical (unpaired) electrons. The van der Waals surface area contributed by atoms with Crippen LogP contribution in [0.25, 0.3) is 0 Å². The monoisotopic (exact) mass is 264 g/mol. The fourth-order valence-electron chi connectivity index (χ4n) is 2.85. The van der Waals surface area contributed by atoms with Crippen LogP contribution < -0.4 is 0 Å². The van der Waals surface area contributed by atoms with E-state index in [9.17, 15) is 5.11 Å². The van der Waals surface area contributed by atoms with Crippen molar-refractivity contribution in [1.82, 2.24) is 0 Å². The van der Waals surface area contributed by atoms with E-state index >= 15 is 0 Å². The first kappa shape index (κ1) is 14.0. The Kier molecular flexibility index (Phi) is 5.13. The van der Waals surface area contributed by atoms with Gasteiger partial charge in [0.15, 0.2) is 0 Å². The predicted octanol–water partition coefficient (Wildman–Crippen LogP) is 4.34. The minimum atomic E-state index is -0.140. The van der Waals surface area contributed by atoms with Crippen LogP contribution in [-0.4, -0.2) is 17.0 Å². The third-order valence-electron chi connectivity index (χ3n) is 3.84. The minimum Gasteiger partial charge on any atom is -0.392 e. The van der Waals surface area contributed by atoms with Crippen LogP contribution in [0.3, 0.4) is 0 Å². The molecule has 2 rings (SSSR count). The number of aliphatic hydroxyl groups excluding tert-OH is 1. The number of aliphatic hydroxyl groups is 1. The van der Waals surface area contributed by atoms with Gasteiger partial charge in [-0.25, -0.2) is 0 Å². The number of benzene rings is 1. The predicted molar refractivity (Wildman–Crippen MR) is 79.2 cm³/mol. The van der Waals surface area contributed by atoms with Crippen LogP contribution in [0.1, 0.15) is 43.2 Å². The van der Waals surface area contributed by atoms with Crippen molar-refractivity contribution in [3.8, 4) is 0 Å². The Bertz CT molecular complexity index is 383. The number of hydrogen-bond donors (Lipinski definition) is 1. The molecule has 0 bridgehead atoms. The lowest BCUT2D eigenvalue weighted by Gasteiger charge is -2.15. The maximum Gasteiger partial charge on any atom is 0.0636 e. The molecule has 1 aliphatic rings. The summed E-state index contributed by atoms with van der Waals surface area (Å²) in [5, 5.41) is 10.1. The van der Waals surface area contributed by atoms with Gasteiger partial charge in [-0.05, 0) is 37.8 Å². The van der Waals surface area contributed by atoms with Crippen molar-refractivity contribution in [2.75, 3.05) is 5.75 Å². The SMILES string of the molecule is Cc1ccc(SCC(O)CC2CCCC2)c(C)c1. The highest BCUT2D eigenvalue weighted by atomic mass is 32.2. The molecule has 0 saturated heterocycles. The van der Waals surface area contributed by atoms with Gasteiger partial charge in [0.1, 0.15) is 0 Å². The van der Waals surface area contributed by atoms with Crippen LogP contribution in [0.2, 0.25) is 0 Å².